The van der Waals surface area contributed by atoms with Crippen LogP contribution in [0.2, 0.25) is 5.02 Å². The summed E-state index contributed by atoms with van der Waals surface area (Å²) in [6.07, 6.45) is 0. The van der Waals surface area contributed by atoms with Crippen molar-refractivity contribution in [3.8, 4) is 0 Å². The minimum absolute atomic E-state index is 0.0356. The highest BCUT2D eigenvalue weighted by Crippen LogP contribution is 2.34. The van der Waals surface area contributed by atoms with E-state index in [1.54, 1.807) is 17.8 Å². The molecule has 1 N–H and O–H groups in total. The van der Waals surface area contributed by atoms with Crippen LogP contribution >= 0.6 is 23.4 Å². The van der Waals surface area contributed by atoms with E-state index in [4.69, 9.17) is 11.6 Å². The van der Waals surface area contributed by atoms with Gasteiger partial charge in [0.1, 0.15) is 0 Å². The number of aliphatic hydroxyl groups is 1. The topological polar surface area (TPSA) is 20.2 Å². The van der Waals surface area contributed by atoms with Gasteiger partial charge >= 0.3 is 0 Å². The van der Waals surface area contributed by atoms with Crippen molar-refractivity contribution in [2.24, 2.45) is 0 Å². The molecule has 2 rings (SSSR count). The van der Waals surface area contributed by atoms with Gasteiger partial charge in [0.25, 0.3) is 0 Å². The van der Waals surface area contributed by atoms with Gasteiger partial charge in [-0.2, -0.15) is 0 Å². The summed E-state index contributed by atoms with van der Waals surface area (Å²) >= 11 is 7.72. The lowest BCUT2D eigenvalue weighted by molar-refractivity contribution is 0.279. The van der Waals surface area contributed by atoms with Crippen LogP contribution in [-0.4, -0.2) is 5.11 Å². The van der Waals surface area contributed by atoms with E-state index in [1.165, 1.54) is 5.56 Å². The molecule has 0 aliphatic rings. The SMILES string of the molecule is CC(C)c1ccc(Sc2cccc(Cl)c2CO)cc1. The number of hydrogen-bond donors (Lipinski definition) is 1. The normalized spacial score (nSPS) is 11.0. The standard InChI is InChI=1S/C16H17ClOS/c1-11(2)12-6-8-13(9-7-12)19-16-5-3-4-15(17)14(16)10-18/h3-9,11,18H,10H2,1-2H3. The van der Waals surface area contributed by atoms with Crippen molar-refractivity contribution in [1.82, 2.24) is 0 Å². The molecule has 2 aromatic rings. The van der Waals surface area contributed by atoms with Crippen LogP contribution in [0, 0.1) is 0 Å². The Morgan fingerprint density at radius 1 is 1.11 bits per heavy atom. The van der Waals surface area contributed by atoms with Gasteiger partial charge in [0.15, 0.2) is 0 Å². The molecule has 1 nitrogen and oxygen atoms in total. The van der Waals surface area contributed by atoms with Gasteiger partial charge in [-0.05, 0) is 35.7 Å². The summed E-state index contributed by atoms with van der Waals surface area (Å²) in [5.74, 6) is 0.540. The smallest absolute Gasteiger partial charge is 0.0707 e. The Hall–Kier alpha value is -0.960. The number of benzene rings is 2. The van der Waals surface area contributed by atoms with Crippen molar-refractivity contribution in [2.45, 2.75) is 36.2 Å². The van der Waals surface area contributed by atoms with E-state index < -0.39 is 0 Å². The zero-order valence-corrected chi connectivity index (χ0v) is 12.6. The number of halogens is 1. The summed E-state index contributed by atoms with van der Waals surface area (Å²) in [7, 11) is 0. The van der Waals surface area contributed by atoms with Crippen LogP contribution in [0.15, 0.2) is 52.3 Å². The molecule has 0 spiro atoms. The molecule has 3 heteroatoms. The van der Waals surface area contributed by atoms with Crippen LogP contribution in [-0.2, 0) is 6.61 Å². The Bertz CT molecular complexity index is 549. The second-order valence-corrected chi connectivity index (χ2v) is 6.22. The molecule has 0 aliphatic heterocycles. The van der Waals surface area contributed by atoms with Crippen molar-refractivity contribution >= 4 is 23.4 Å². The van der Waals surface area contributed by atoms with Gasteiger partial charge in [-0.25, -0.2) is 0 Å². The molecule has 0 saturated heterocycles. The molecule has 2 aromatic carbocycles. The lowest BCUT2D eigenvalue weighted by Crippen LogP contribution is -1.89. The van der Waals surface area contributed by atoms with Crippen molar-refractivity contribution in [3.05, 3.63) is 58.6 Å². The average Bonchev–Trinajstić information content (AvgIpc) is 2.39. The van der Waals surface area contributed by atoms with Crippen molar-refractivity contribution in [3.63, 3.8) is 0 Å². The summed E-state index contributed by atoms with van der Waals surface area (Å²) in [6.45, 7) is 4.33. The maximum Gasteiger partial charge on any atom is 0.0707 e. The first-order chi connectivity index (χ1) is 9.11. The van der Waals surface area contributed by atoms with Crippen LogP contribution in [0.4, 0.5) is 0 Å². The fraction of sp³-hybridized carbons (Fsp3) is 0.250. The minimum atomic E-state index is -0.0356. The molecule has 19 heavy (non-hydrogen) atoms. The highest BCUT2D eigenvalue weighted by molar-refractivity contribution is 7.99. The van der Waals surface area contributed by atoms with Crippen LogP contribution in [0.5, 0.6) is 0 Å². The maximum absolute atomic E-state index is 9.40. The number of aliphatic hydroxyl groups excluding tert-OH is 1. The van der Waals surface area contributed by atoms with Crippen LogP contribution in [0.25, 0.3) is 0 Å². The molecule has 0 radical (unpaired) electrons. The van der Waals surface area contributed by atoms with Gasteiger partial charge < -0.3 is 5.11 Å². The predicted molar refractivity (Wildman–Crippen MR) is 82.0 cm³/mol. The minimum Gasteiger partial charge on any atom is -0.392 e. The first kappa shape index (κ1) is 14.4. The molecule has 0 bridgehead atoms. The van der Waals surface area contributed by atoms with Crippen LogP contribution in [0.1, 0.15) is 30.9 Å². The predicted octanol–water partition coefficient (Wildman–Crippen LogP) is 5.11. The molecular formula is C16H17ClOS. The Morgan fingerprint density at radius 3 is 2.37 bits per heavy atom. The van der Waals surface area contributed by atoms with Crippen LogP contribution < -0.4 is 0 Å². The summed E-state index contributed by atoms with van der Waals surface area (Å²) in [5.41, 5.74) is 2.12. The van der Waals surface area contributed by atoms with Gasteiger partial charge in [-0.1, -0.05) is 55.4 Å². The summed E-state index contributed by atoms with van der Waals surface area (Å²) in [6, 6.07) is 14.2. The third-order valence-electron chi connectivity index (χ3n) is 3.01. The highest BCUT2D eigenvalue weighted by atomic mass is 35.5. The molecule has 0 amide bonds. The summed E-state index contributed by atoms with van der Waals surface area (Å²) in [4.78, 5) is 2.16. The van der Waals surface area contributed by atoms with E-state index >= 15 is 0 Å². The zero-order valence-electron chi connectivity index (χ0n) is 11.1. The van der Waals surface area contributed by atoms with E-state index in [2.05, 4.69) is 38.1 Å². The zero-order chi connectivity index (χ0) is 13.8. The van der Waals surface area contributed by atoms with Gasteiger partial charge in [0, 0.05) is 20.4 Å². The molecule has 0 aromatic heterocycles. The Labute approximate surface area is 123 Å². The molecule has 0 heterocycles. The summed E-state index contributed by atoms with van der Waals surface area (Å²) < 4.78 is 0. The summed E-state index contributed by atoms with van der Waals surface area (Å²) in [5, 5.41) is 10.0. The van der Waals surface area contributed by atoms with E-state index in [0.717, 1.165) is 15.4 Å². The molecule has 100 valence electrons. The third-order valence-corrected chi connectivity index (χ3v) is 4.47. The molecule has 0 saturated carbocycles. The van der Waals surface area contributed by atoms with Crippen molar-refractivity contribution < 1.29 is 5.11 Å². The lowest BCUT2D eigenvalue weighted by Gasteiger charge is -2.10. The van der Waals surface area contributed by atoms with Gasteiger partial charge in [0.2, 0.25) is 0 Å². The van der Waals surface area contributed by atoms with E-state index in [1.807, 2.05) is 12.1 Å². The number of hydrogen-bond acceptors (Lipinski definition) is 2. The van der Waals surface area contributed by atoms with E-state index in [-0.39, 0.29) is 6.61 Å². The Morgan fingerprint density at radius 2 is 1.79 bits per heavy atom. The average molecular weight is 293 g/mol. The second-order valence-electron chi connectivity index (χ2n) is 4.70. The lowest BCUT2D eigenvalue weighted by atomic mass is 10.0. The fourth-order valence-electron chi connectivity index (χ4n) is 1.84. The second kappa shape index (κ2) is 6.47. The van der Waals surface area contributed by atoms with E-state index in [9.17, 15) is 5.11 Å². The van der Waals surface area contributed by atoms with E-state index in [0.29, 0.717) is 10.9 Å². The largest absolute Gasteiger partial charge is 0.392 e. The van der Waals surface area contributed by atoms with Gasteiger partial charge in [-0.15, -0.1) is 0 Å². The first-order valence-corrected chi connectivity index (χ1v) is 7.47. The number of rotatable bonds is 4. The monoisotopic (exact) mass is 292 g/mol. The van der Waals surface area contributed by atoms with Crippen LogP contribution in [0.3, 0.4) is 0 Å². The Kier molecular flexibility index (Phi) is 4.92. The van der Waals surface area contributed by atoms with Crippen molar-refractivity contribution in [1.29, 1.82) is 0 Å². The maximum atomic E-state index is 9.40. The first-order valence-electron chi connectivity index (χ1n) is 6.28. The molecule has 0 fully saturated rings. The molecule has 0 atom stereocenters. The quantitative estimate of drug-likeness (QED) is 0.845. The fourth-order valence-corrected chi connectivity index (χ4v) is 3.10. The molecule has 0 aliphatic carbocycles. The molecule has 0 unspecified atom stereocenters. The third kappa shape index (κ3) is 3.53. The van der Waals surface area contributed by atoms with Crippen molar-refractivity contribution in [2.75, 3.05) is 0 Å². The Balaban J connectivity index is 2.24. The van der Waals surface area contributed by atoms with Gasteiger partial charge in [-0.3, -0.25) is 0 Å². The molecular weight excluding hydrogens is 276 g/mol. The highest BCUT2D eigenvalue weighted by Gasteiger charge is 2.08. The van der Waals surface area contributed by atoms with Gasteiger partial charge in [0.05, 0.1) is 6.61 Å².